The van der Waals surface area contributed by atoms with Crippen molar-refractivity contribution in [2.24, 2.45) is 0 Å². The van der Waals surface area contributed by atoms with Gasteiger partial charge in [-0.15, -0.1) is 0 Å². The molecule has 1 aromatic heterocycles. The number of carbonyl (C=O) groups is 3. The van der Waals surface area contributed by atoms with Gasteiger partial charge in [-0.05, 0) is 12.5 Å². The van der Waals surface area contributed by atoms with E-state index in [-0.39, 0.29) is 45.9 Å². The van der Waals surface area contributed by atoms with Crippen molar-refractivity contribution in [1.29, 1.82) is 0 Å². The third kappa shape index (κ3) is 6.21. The molecule has 11 heteroatoms. The summed E-state index contributed by atoms with van der Waals surface area (Å²) in [6.45, 7) is 0. The van der Waals surface area contributed by atoms with E-state index in [1.54, 1.807) is 0 Å². The number of nitrogens with one attached hydrogen (secondary N) is 1. The van der Waals surface area contributed by atoms with Crippen molar-refractivity contribution in [3.63, 3.8) is 0 Å². The minimum absolute atomic E-state index is 0. The second-order valence-electron chi connectivity index (χ2n) is 3.69. The van der Waals surface area contributed by atoms with Gasteiger partial charge in [-0.2, -0.15) is 0 Å². The summed E-state index contributed by atoms with van der Waals surface area (Å²) in [6.07, 6.45) is -0.689. The van der Waals surface area contributed by atoms with Gasteiger partial charge in [-0.25, -0.2) is 4.79 Å². The molecule has 0 aliphatic heterocycles. The number of carboxylic acid groups (broad SMARTS) is 2. The summed E-state index contributed by atoms with van der Waals surface area (Å²) >= 11 is 0.607. The molecule has 21 heavy (non-hydrogen) atoms. The van der Waals surface area contributed by atoms with Crippen LogP contribution in [0.25, 0.3) is 0 Å². The van der Waals surface area contributed by atoms with Gasteiger partial charge in [0.05, 0.1) is 9.80 Å². The third-order valence-corrected chi connectivity index (χ3v) is 3.28. The second kappa shape index (κ2) is 8.72. The van der Waals surface area contributed by atoms with E-state index >= 15 is 0 Å². The molecule has 0 aliphatic rings. The minimum atomic E-state index is -1.37. The normalized spacial score (nSPS) is 11.0. The number of aliphatic carboxylic acids is 2. The summed E-state index contributed by atoms with van der Waals surface area (Å²) in [6, 6.07) is 0.973. The van der Waals surface area contributed by atoms with Crippen LogP contribution < -0.4 is 5.32 Å². The number of rotatable bonds is 7. The predicted molar refractivity (Wildman–Crippen MR) is 73.9 cm³/mol. The summed E-state index contributed by atoms with van der Waals surface area (Å²) in [7, 11) is 0. The Balaban J connectivity index is 0.00000400. The van der Waals surface area contributed by atoms with Crippen LogP contribution in [0.4, 0.5) is 5.00 Å². The zero-order chi connectivity index (χ0) is 15.3. The number of hydrogen-bond donors (Lipinski definition) is 3. The second-order valence-corrected chi connectivity index (χ2v) is 4.75. The molecule has 0 fully saturated rings. The number of thiophene rings is 1. The molecule has 1 rings (SSSR count). The first-order valence-corrected chi connectivity index (χ1v) is 6.12. The first kappa shape index (κ1) is 19.5. The van der Waals surface area contributed by atoms with Crippen LogP contribution in [0.2, 0.25) is 0 Å². The van der Waals surface area contributed by atoms with E-state index in [2.05, 4.69) is 5.32 Å². The van der Waals surface area contributed by atoms with Gasteiger partial charge in [-0.1, -0.05) is 11.3 Å². The summed E-state index contributed by atoms with van der Waals surface area (Å²) < 4.78 is 0. The van der Waals surface area contributed by atoms with Crippen molar-refractivity contribution in [3.05, 3.63) is 27.1 Å². The topological polar surface area (TPSA) is 147 Å². The Kier molecular flexibility index (Phi) is 8.10. The summed E-state index contributed by atoms with van der Waals surface area (Å²) in [5.41, 5.74) is 0. The molecule has 0 bridgehead atoms. The zero-order valence-corrected chi connectivity index (χ0v) is 10.8. The quantitative estimate of drug-likeness (QED) is 0.364. The maximum absolute atomic E-state index is 11.7. The van der Waals surface area contributed by atoms with Gasteiger partial charge in [0.2, 0.25) is 0 Å². The number of carboxylic acids is 2. The van der Waals surface area contributed by atoms with Crippen LogP contribution in [0.3, 0.4) is 0 Å². The molecule has 9 nitrogen and oxygen atoms in total. The van der Waals surface area contributed by atoms with Crippen LogP contribution in [0.15, 0.2) is 12.1 Å². The Morgan fingerprint density at radius 1 is 1.33 bits per heavy atom. The monoisotopic (exact) mass is 326 g/mol. The van der Waals surface area contributed by atoms with Gasteiger partial charge in [0.25, 0.3) is 5.91 Å². The average molecular weight is 326 g/mol. The molecule has 0 saturated carbocycles. The molecule has 1 amide bonds. The molecule has 0 aliphatic carbocycles. The van der Waals surface area contributed by atoms with E-state index in [0.717, 1.165) is 6.07 Å². The predicted octanol–water partition coefficient (Wildman–Crippen LogP) is 0.0556. The Labute approximate surface area is 144 Å². The number of nitro groups is 1. The molecule has 1 heterocycles. The third-order valence-electron chi connectivity index (χ3n) is 2.25. The van der Waals surface area contributed by atoms with Crippen molar-refractivity contribution in [2.45, 2.75) is 18.9 Å². The SMILES string of the molecule is O=C(O)CC[C@H](NC(=O)c1ccc([N+](=O)[O-])s1)C(=O)O.[NaH]. The number of nitrogens with zero attached hydrogens (tertiary/aromatic N) is 1. The van der Waals surface area contributed by atoms with E-state index in [0.29, 0.717) is 11.3 Å². The first-order chi connectivity index (χ1) is 9.31. The molecule has 110 valence electrons. The van der Waals surface area contributed by atoms with Crippen molar-refractivity contribution in [1.82, 2.24) is 5.32 Å². The Morgan fingerprint density at radius 3 is 2.38 bits per heavy atom. The maximum atomic E-state index is 11.7. The summed E-state index contributed by atoms with van der Waals surface area (Å²) in [4.78, 5) is 42.8. The fraction of sp³-hybridized carbons (Fsp3) is 0.300. The van der Waals surface area contributed by atoms with Gasteiger partial charge in [0.15, 0.2) is 0 Å². The molecular formula is C10H11N2NaO7S. The van der Waals surface area contributed by atoms with Gasteiger partial charge in [0, 0.05) is 12.5 Å². The van der Waals surface area contributed by atoms with Gasteiger partial charge in [0.1, 0.15) is 6.04 Å². The number of amides is 1. The van der Waals surface area contributed by atoms with Crippen LogP contribution in [0.1, 0.15) is 22.5 Å². The molecular weight excluding hydrogens is 315 g/mol. The summed E-state index contributed by atoms with van der Waals surface area (Å²) in [5, 5.41) is 29.7. The zero-order valence-electron chi connectivity index (χ0n) is 9.94. The molecule has 0 spiro atoms. The fourth-order valence-electron chi connectivity index (χ4n) is 1.30. The Bertz CT molecular complexity index is 559. The molecule has 1 atom stereocenters. The van der Waals surface area contributed by atoms with Crippen molar-refractivity contribution in [2.75, 3.05) is 0 Å². The van der Waals surface area contributed by atoms with E-state index in [4.69, 9.17) is 10.2 Å². The molecule has 0 saturated heterocycles. The standard InChI is InChI=1S/C10H10N2O7S.Na.H/c13-8(14)4-1-5(10(16)17)11-9(15)6-2-3-7(20-6)12(18)19;;/h2-3,5H,1,4H2,(H,11,15)(H,13,14)(H,16,17);;/t5-;;/m0../s1. The molecule has 0 radical (unpaired) electrons. The Morgan fingerprint density at radius 2 is 1.95 bits per heavy atom. The molecule has 0 aromatic carbocycles. The van der Waals surface area contributed by atoms with Crippen LogP contribution >= 0.6 is 11.3 Å². The summed E-state index contributed by atoms with van der Waals surface area (Å²) in [5.74, 6) is -3.34. The van der Waals surface area contributed by atoms with Crippen molar-refractivity contribution in [3.8, 4) is 0 Å². The van der Waals surface area contributed by atoms with Crippen molar-refractivity contribution < 1.29 is 29.5 Å². The van der Waals surface area contributed by atoms with Gasteiger partial charge < -0.3 is 15.5 Å². The van der Waals surface area contributed by atoms with Crippen molar-refractivity contribution >= 4 is 63.7 Å². The average Bonchev–Trinajstić information content (AvgIpc) is 2.83. The van der Waals surface area contributed by atoms with E-state index in [1.807, 2.05) is 0 Å². The van der Waals surface area contributed by atoms with Crippen LogP contribution in [-0.2, 0) is 9.59 Å². The van der Waals surface area contributed by atoms with E-state index < -0.39 is 35.2 Å². The molecule has 0 unspecified atom stereocenters. The van der Waals surface area contributed by atoms with Crippen LogP contribution in [0.5, 0.6) is 0 Å². The number of hydrogen-bond acceptors (Lipinski definition) is 6. The first-order valence-electron chi connectivity index (χ1n) is 5.31. The Hall–Kier alpha value is -1.49. The van der Waals surface area contributed by atoms with Crippen LogP contribution in [-0.4, -0.2) is 68.6 Å². The molecule has 1 aromatic rings. The fourth-order valence-corrected chi connectivity index (χ4v) is 2.03. The number of carbonyl (C=O) groups excluding carboxylic acids is 1. The van der Waals surface area contributed by atoms with Gasteiger partial charge >= 0.3 is 46.5 Å². The van der Waals surface area contributed by atoms with E-state index in [9.17, 15) is 24.5 Å². The van der Waals surface area contributed by atoms with Gasteiger partial charge in [-0.3, -0.25) is 19.7 Å². The molecule has 3 N–H and O–H groups in total. The van der Waals surface area contributed by atoms with E-state index in [1.165, 1.54) is 6.07 Å². The van der Waals surface area contributed by atoms with Crippen LogP contribution in [0, 0.1) is 10.1 Å².